The molecule has 6 heteroatoms. The molecule has 2 aliphatic rings. The molecular weight excluding hydrogens is 402 g/mol. The summed E-state index contributed by atoms with van der Waals surface area (Å²) in [6.07, 6.45) is 4.95. The maximum atomic E-state index is 13.9. The molecule has 2 aromatic heterocycles. The lowest BCUT2D eigenvalue weighted by molar-refractivity contribution is -0.577. The third kappa shape index (κ3) is 2.72. The highest BCUT2D eigenvalue weighted by Gasteiger charge is 2.38. The van der Waals surface area contributed by atoms with Gasteiger partial charge in [0.1, 0.15) is 5.69 Å². The van der Waals surface area contributed by atoms with Crippen LogP contribution in [0.25, 0.3) is 21.8 Å². The van der Waals surface area contributed by atoms with Gasteiger partial charge >= 0.3 is 0 Å². The number of nitrogens with zero attached hydrogens (tertiary/aromatic N) is 3. The fraction of sp³-hybridized carbons (Fsp3) is 0.269. The number of benzene rings is 2. The maximum absolute atomic E-state index is 13.9. The third-order valence-corrected chi connectivity index (χ3v) is 6.90. The van der Waals surface area contributed by atoms with Gasteiger partial charge in [-0.05, 0) is 38.1 Å². The van der Waals surface area contributed by atoms with Crippen LogP contribution >= 0.6 is 0 Å². The summed E-state index contributed by atoms with van der Waals surface area (Å²) >= 11 is 0. The van der Waals surface area contributed by atoms with Crippen LogP contribution in [0.4, 0.5) is 0 Å². The van der Waals surface area contributed by atoms with Gasteiger partial charge in [-0.25, -0.2) is 0 Å². The van der Waals surface area contributed by atoms with E-state index in [1.807, 2.05) is 28.8 Å². The zero-order chi connectivity index (χ0) is 21.8. The molecule has 0 saturated carbocycles. The first-order valence-corrected chi connectivity index (χ1v) is 11.2. The van der Waals surface area contributed by atoms with Crippen LogP contribution in [0.1, 0.15) is 51.2 Å². The lowest BCUT2D eigenvalue weighted by atomic mass is 9.85. The number of carbonyl (C=O) groups is 2. The summed E-state index contributed by atoms with van der Waals surface area (Å²) in [6, 6.07) is 14.7. The van der Waals surface area contributed by atoms with Gasteiger partial charge in [-0.15, -0.1) is 0 Å². The Morgan fingerprint density at radius 2 is 1.53 bits per heavy atom. The van der Waals surface area contributed by atoms with E-state index in [0.29, 0.717) is 39.0 Å². The minimum atomic E-state index is -0.252. The van der Waals surface area contributed by atoms with E-state index in [4.69, 9.17) is 0 Å². The molecule has 0 radical (unpaired) electrons. The normalized spacial score (nSPS) is 16.5. The number of pyridine rings is 1. The van der Waals surface area contributed by atoms with Crippen molar-refractivity contribution < 1.29 is 14.3 Å². The summed E-state index contributed by atoms with van der Waals surface area (Å²) in [7, 11) is 0. The molecule has 1 aliphatic heterocycles. The molecule has 0 unspecified atom stereocenters. The second kappa shape index (κ2) is 7.28. The number of ketones is 2. The Morgan fingerprint density at radius 3 is 2.34 bits per heavy atom. The van der Waals surface area contributed by atoms with Gasteiger partial charge in [-0.3, -0.25) is 9.59 Å². The van der Waals surface area contributed by atoms with Crippen LogP contribution in [0.5, 0.6) is 0 Å². The van der Waals surface area contributed by atoms with Crippen LogP contribution in [0.2, 0.25) is 0 Å². The van der Waals surface area contributed by atoms with Crippen LogP contribution in [-0.4, -0.2) is 40.7 Å². The highest BCUT2D eigenvalue weighted by molar-refractivity contribution is 6.34. The predicted molar refractivity (Wildman–Crippen MR) is 122 cm³/mol. The summed E-state index contributed by atoms with van der Waals surface area (Å²) in [5, 5.41) is 13.9. The lowest BCUT2D eigenvalue weighted by Gasteiger charge is -2.27. The van der Waals surface area contributed by atoms with Crippen LogP contribution in [0.3, 0.4) is 0 Å². The largest absolute Gasteiger partial charge is 0.618 e. The summed E-state index contributed by atoms with van der Waals surface area (Å²) < 4.78 is 2.72. The first kappa shape index (κ1) is 19.2. The van der Waals surface area contributed by atoms with Gasteiger partial charge in [-0.1, -0.05) is 36.8 Å². The third-order valence-electron chi connectivity index (χ3n) is 6.90. The van der Waals surface area contributed by atoms with Crippen LogP contribution in [-0.2, 0) is 6.54 Å². The summed E-state index contributed by atoms with van der Waals surface area (Å²) in [6.45, 7) is 3.64. The molecule has 3 heterocycles. The van der Waals surface area contributed by atoms with Gasteiger partial charge < -0.3 is 14.7 Å². The highest BCUT2D eigenvalue weighted by Crippen LogP contribution is 2.37. The minimum absolute atomic E-state index is 0.179. The maximum Gasteiger partial charge on any atom is 0.224 e. The standard InChI is InChI=1S/C26H23N3O3/c30-25-19-16-29(32)21-11-5-3-9-18(21)22(19)26(31)24-23(25)17-8-2-4-10-20(17)28(24)15-14-27-12-6-1-7-13-27/h2-5,8-11,16H,1,6-7,12-15H2. The van der Waals surface area contributed by atoms with Crippen molar-refractivity contribution in [2.75, 3.05) is 19.6 Å². The zero-order valence-electron chi connectivity index (χ0n) is 17.7. The van der Waals surface area contributed by atoms with Crippen molar-refractivity contribution in [2.24, 2.45) is 0 Å². The van der Waals surface area contributed by atoms with E-state index in [9.17, 15) is 14.8 Å². The molecule has 6 rings (SSSR count). The van der Waals surface area contributed by atoms with Crippen molar-refractivity contribution in [1.82, 2.24) is 9.47 Å². The van der Waals surface area contributed by atoms with Gasteiger partial charge in [0.05, 0.1) is 22.1 Å². The number of rotatable bonds is 3. The molecule has 160 valence electrons. The molecule has 32 heavy (non-hydrogen) atoms. The second-order valence-electron chi connectivity index (χ2n) is 8.71. The van der Waals surface area contributed by atoms with Crippen molar-refractivity contribution in [3.05, 3.63) is 82.3 Å². The highest BCUT2D eigenvalue weighted by atomic mass is 16.5. The fourth-order valence-corrected chi connectivity index (χ4v) is 5.37. The van der Waals surface area contributed by atoms with Crippen LogP contribution < -0.4 is 4.73 Å². The van der Waals surface area contributed by atoms with Crippen molar-refractivity contribution in [3.8, 4) is 0 Å². The molecule has 0 spiro atoms. The van der Waals surface area contributed by atoms with Gasteiger partial charge in [0.25, 0.3) is 0 Å². The average Bonchev–Trinajstić information content (AvgIpc) is 3.17. The van der Waals surface area contributed by atoms with E-state index < -0.39 is 0 Å². The lowest BCUT2D eigenvalue weighted by Crippen LogP contribution is -2.35. The van der Waals surface area contributed by atoms with Crippen molar-refractivity contribution >= 4 is 33.4 Å². The van der Waals surface area contributed by atoms with Crippen LogP contribution in [0, 0.1) is 5.21 Å². The van der Waals surface area contributed by atoms with Crippen molar-refractivity contribution in [3.63, 3.8) is 0 Å². The number of para-hydroxylation sites is 2. The molecule has 6 nitrogen and oxygen atoms in total. The Morgan fingerprint density at radius 1 is 0.812 bits per heavy atom. The first-order valence-electron chi connectivity index (χ1n) is 11.2. The van der Waals surface area contributed by atoms with E-state index in [0.717, 1.165) is 30.5 Å². The summed E-state index contributed by atoms with van der Waals surface area (Å²) in [5.74, 6) is -0.431. The number of likely N-dealkylation sites (tertiary alicyclic amines) is 1. The zero-order valence-corrected chi connectivity index (χ0v) is 17.7. The predicted octanol–water partition coefficient (Wildman–Crippen LogP) is 3.69. The van der Waals surface area contributed by atoms with E-state index >= 15 is 0 Å². The van der Waals surface area contributed by atoms with E-state index in [1.54, 1.807) is 24.3 Å². The fourth-order valence-electron chi connectivity index (χ4n) is 5.37. The number of carbonyl (C=O) groups excluding carboxylic acids is 2. The SMILES string of the molecule is O=C1c2c[n+]([O-])c3ccccc3c2C(=O)c2c1c1ccccc1n2CCN1CCCCC1. The Bertz CT molecular complexity index is 1410. The molecule has 0 atom stereocenters. The smallest absolute Gasteiger partial charge is 0.224 e. The van der Waals surface area contributed by atoms with Gasteiger partial charge in [0.15, 0.2) is 6.20 Å². The van der Waals surface area contributed by atoms with Gasteiger partial charge in [0.2, 0.25) is 17.1 Å². The van der Waals surface area contributed by atoms with Gasteiger partial charge in [-0.2, -0.15) is 4.73 Å². The molecule has 2 aromatic carbocycles. The van der Waals surface area contributed by atoms with E-state index in [1.165, 1.54) is 25.5 Å². The number of fused-ring (bicyclic) bond motifs is 6. The molecule has 1 fully saturated rings. The quantitative estimate of drug-likeness (QED) is 0.327. The Balaban J connectivity index is 1.56. The summed E-state index contributed by atoms with van der Waals surface area (Å²) in [4.78, 5) is 30.0. The second-order valence-corrected chi connectivity index (χ2v) is 8.71. The van der Waals surface area contributed by atoms with Gasteiger partial charge in [0, 0.05) is 30.1 Å². The molecule has 4 aromatic rings. The molecule has 1 aliphatic carbocycles. The van der Waals surface area contributed by atoms with Crippen LogP contribution in [0.15, 0.2) is 54.7 Å². The number of hydrogen-bond donors (Lipinski definition) is 0. The minimum Gasteiger partial charge on any atom is -0.618 e. The Labute approximate surface area is 185 Å². The Hall–Kier alpha value is -3.51. The first-order chi connectivity index (χ1) is 15.6. The Kier molecular flexibility index (Phi) is 4.36. The number of aromatic nitrogens is 2. The van der Waals surface area contributed by atoms with Crippen molar-refractivity contribution in [1.29, 1.82) is 0 Å². The average molecular weight is 425 g/mol. The van der Waals surface area contributed by atoms with E-state index in [2.05, 4.69) is 4.90 Å². The molecule has 1 saturated heterocycles. The van der Waals surface area contributed by atoms with E-state index in [-0.39, 0.29) is 17.1 Å². The van der Waals surface area contributed by atoms with Crippen molar-refractivity contribution in [2.45, 2.75) is 25.8 Å². The topological polar surface area (TPSA) is 69.2 Å². The number of piperidine rings is 1. The molecule has 0 amide bonds. The molecule has 0 bridgehead atoms. The monoisotopic (exact) mass is 425 g/mol. The molecular formula is C26H23N3O3. The molecule has 0 N–H and O–H groups in total. The summed E-state index contributed by atoms with van der Waals surface area (Å²) in [5.41, 5.74) is 2.69. The number of hydrogen-bond acceptors (Lipinski definition) is 4.